The highest BCUT2D eigenvalue weighted by Crippen LogP contribution is 2.61. The first kappa shape index (κ1) is 31.7. The molecule has 6 nitrogen and oxygen atoms in total. The van der Waals surface area contributed by atoms with E-state index in [9.17, 15) is 0 Å². The van der Waals surface area contributed by atoms with Gasteiger partial charge >= 0.3 is 0 Å². The van der Waals surface area contributed by atoms with Crippen LogP contribution in [-0.2, 0) is 5.41 Å². The SMILES string of the molecule is [C-]#[N+]c1ccc(-c2cc(C34CC5CC(CC(C5)C3)C4)ccc2-c2nc(-c3cccc4c3oc3ccccc34)nc(-c3cccc4c3oc3ccccc34)n2)cc1. The van der Waals surface area contributed by atoms with E-state index in [0.29, 0.717) is 23.2 Å². The zero-order valence-electron chi connectivity index (χ0n) is 30.7. The lowest BCUT2D eigenvalue weighted by Crippen LogP contribution is -2.48. The van der Waals surface area contributed by atoms with Crippen LogP contribution in [0.3, 0.4) is 0 Å². The van der Waals surface area contributed by atoms with E-state index >= 15 is 0 Å². The number of aromatic nitrogens is 3. The molecule has 4 bridgehead atoms. The fraction of sp³-hybridized carbons (Fsp3) is 0.200. The van der Waals surface area contributed by atoms with E-state index in [1.165, 1.54) is 44.1 Å². The standard InChI is InChI=1S/C50H36N4O2/c1-51-34-19-16-32(17-20-34)42-25-33(50-26-29-22-30(27-50)24-31(23-29)28-50)18-21-39(42)47-52-48(40-12-6-10-37-35-8-2-4-14-43(35)55-45(37)40)54-49(53-47)41-13-7-11-38-36-9-3-5-15-44(36)56-46(38)41/h2-21,25,29-31H,22-24,26-28H2. The van der Waals surface area contributed by atoms with E-state index in [4.69, 9.17) is 30.4 Å². The molecule has 4 aliphatic rings. The smallest absolute Gasteiger partial charge is 0.187 e. The van der Waals surface area contributed by atoms with Crippen LogP contribution in [0.15, 0.2) is 136 Å². The van der Waals surface area contributed by atoms with Crippen molar-refractivity contribution in [3.8, 4) is 45.3 Å². The first-order valence-electron chi connectivity index (χ1n) is 19.8. The Morgan fingerprint density at radius 2 is 1.00 bits per heavy atom. The van der Waals surface area contributed by atoms with Crippen molar-refractivity contribution in [2.24, 2.45) is 17.8 Å². The Kier molecular flexibility index (Phi) is 6.78. The number of benzene rings is 6. The van der Waals surface area contributed by atoms with Crippen LogP contribution in [0.25, 0.3) is 94.0 Å². The minimum absolute atomic E-state index is 0.210. The van der Waals surface area contributed by atoms with E-state index < -0.39 is 0 Å². The van der Waals surface area contributed by atoms with Crippen molar-refractivity contribution in [3.63, 3.8) is 0 Å². The summed E-state index contributed by atoms with van der Waals surface area (Å²) in [5.41, 5.74) is 10.0. The molecule has 3 heterocycles. The van der Waals surface area contributed by atoms with Gasteiger partial charge in [0.15, 0.2) is 23.2 Å². The van der Waals surface area contributed by atoms with Crippen molar-refractivity contribution in [1.82, 2.24) is 15.0 Å². The minimum Gasteiger partial charge on any atom is -0.455 e. The Balaban J connectivity index is 1.11. The predicted octanol–water partition coefficient (Wildman–Crippen LogP) is 13.4. The Labute approximate surface area is 323 Å². The van der Waals surface area contributed by atoms with Gasteiger partial charge in [0, 0.05) is 27.1 Å². The molecule has 13 rings (SSSR count). The third-order valence-corrected chi connectivity index (χ3v) is 13.1. The number of rotatable bonds is 5. The molecule has 0 radical (unpaired) electrons. The molecule has 4 fully saturated rings. The quantitative estimate of drug-likeness (QED) is 0.165. The first-order chi connectivity index (χ1) is 27.6. The highest BCUT2D eigenvalue weighted by atomic mass is 16.3. The largest absolute Gasteiger partial charge is 0.455 e. The summed E-state index contributed by atoms with van der Waals surface area (Å²) in [6.07, 6.45) is 8.02. The number of nitrogens with zero attached hydrogens (tertiary/aromatic N) is 4. The first-order valence-corrected chi connectivity index (χ1v) is 19.8. The summed E-state index contributed by atoms with van der Waals surface area (Å²) in [4.78, 5) is 19.6. The summed E-state index contributed by atoms with van der Waals surface area (Å²) in [6, 6.07) is 43.6. The molecule has 3 aromatic heterocycles. The van der Waals surface area contributed by atoms with Crippen LogP contribution in [0.4, 0.5) is 5.69 Å². The summed E-state index contributed by atoms with van der Waals surface area (Å²) in [5, 5.41) is 4.13. The van der Waals surface area contributed by atoms with Crippen molar-refractivity contribution in [1.29, 1.82) is 0 Å². The van der Waals surface area contributed by atoms with Crippen LogP contribution >= 0.6 is 0 Å². The predicted molar refractivity (Wildman–Crippen MR) is 222 cm³/mol. The zero-order valence-corrected chi connectivity index (χ0v) is 30.7. The van der Waals surface area contributed by atoms with E-state index in [2.05, 4.69) is 59.4 Å². The molecule has 0 amide bonds. The summed E-state index contributed by atoms with van der Waals surface area (Å²) in [7, 11) is 0. The van der Waals surface area contributed by atoms with Gasteiger partial charge < -0.3 is 8.83 Å². The Morgan fingerprint density at radius 3 is 1.54 bits per heavy atom. The van der Waals surface area contributed by atoms with Crippen LogP contribution in [0.5, 0.6) is 0 Å². The number of hydrogen-bond acceptors (Lipinski definition) is 5. The molecular formula is C50H36N4O2. The maximum Gasteiger partial charge on any atom is 0.187 e. The molecule has 6 heteroatoms. The molecule has 0 spiro atoms. The normalized spacial score (nSPS) is 21.4. The molecule has 0 aliphatic heterocycles. The van der Waals surface area contributed by atoms with Gasteiger partial charge in [-0.25, -0.2) is 19.8 Å². The second kappa shape index (κ2) is 12.0. The maximum atomic E-state index is 7.64. The van der Waals surface area contributed by atoms with Crippen molar-refractivity contribution in [3.05, 3.63) is 144 Å². The summed E-state index contributed by atoms with van der Waals surface area (Å²) >= 11 is 0. The molecule has 4 saturated carbocycles. The van der Waals surface area contributed by atoms with Gasteiger partial charge in [0.2, 0.25) is 0 Å². The van der Waals surface area contributed by atoms with Crippen molar-refractivity contribution < 1.29 is 8.83 Å². The van der Waals surface area contributed by atoms with Gasteiger partial charge in [-0.2, -0.15) is 0 Å². The molecule has 6 aromatic carbocycles. The fourth-order valence-corrected chi connectivity index (χ4v) is 11.1. The van der Waals surface area contributed by atoms with Gasteiger partial charge in [0.1, 0.15) is 22.3 Å². The monoisotopic (exact) mass is 724 g/mol. The van der Waals surface area contributed by atoms with Crippen molar-refractivity contribution >= 4 is 49.6 Å². The van der Waals surface area contributed by atoms with Gasteiger partial charge in [0.05, 0.1) is 17.7 Å². The average molecular weight is 725 g/mol. The minimum atomic E-state index is 0.210. The van der Waals surface area contributed by atoms with Crippen LogP contribution in [-0.4, -0.2) is 15.0 Å². The van der Waals surface area contributed by atoms with Crippen LogP contribution in [0.2, 0.25) is 0 Å². The van der Waals surface area contributed by atoms with Gasteiger partial charge in [-0.05, 0) is 109 Å². The molecule has 4 aliphatic carbocycles. The molecule has 0 atom stereocenters. The molecular weight excluding hydrogens is 689 g/mol. The Bertz CT molecular complexity index is 2920. The molecule has 268 valence electrons. The maximum absolute atomic E-state index is 7.64. The Hall–Kier alpha value is -6.58. The molecule has 0 N–H and O–H groups in total. The average Bonchev–Trinajstić information content (AvgIpc) is 3.82. The second-order valence-corrected chi connectivity index (χ2v) is 16.5. The number of furan rings is 2. The summed E-state index contributed by atoms with van der Waals surface area (Å²) < 4.78 is 13.1. The third-order valence-electron chi connectivity index (χ3n) is 13.1. The van der Waals surface area contributed by atoms with E-state index in [1.807, 2.05) is 72.8 Å². The van der Waals surface area contributed by atoms with E-state index in [0.717, 1.165) is 89.4 Å². The molecule has 0 unspecified atom stereocenters. The lowest BCUT2D eigenvalue weighted by atomic mass is 9.48. The summed E-state index contributed by atoms with van der Waals surface area (Å²) in [6.45, 7) is 7.64. The highest BCUT2D eigenvalue weighted by Gasteiger charge is 2.51. The topological polar surface area (TPSA) is 69.3 Å². The van der Waals surface area contributed by atoms with Crippen molar-refractivity contribution in [2.75, 3.05) is 0 Å². The fourth-order valence-electron chi connectivity index (χ4n) is 11.1. The molecule has 56 heavy (non-hydrogen) atoms. The van der Waals surface area contributed by atoms with Gasteiger partial charge in [0.25, 0.3) is 0 Å². The third kappa shape index (κ3) is 4.83. The lowest BCUT2D eigenvalue weighted by molar-refractivity contribution is -0.00516. The Morgan fingerprint density at radius 1 is 0.500 bits per heavy atom. The van der Waals surface area contributed by atoms with E-state index in [-0.39, 0.29) is 5.41 Å². The van der Waals surface area contributed by atoms with Gasteiger partial charge in [-0.15, -0.1) is 0 Å². The zero-order chi connectivity index (χ0) is 37.0. The number of fused-ring (bicyclic) bond motifs is 6. The summed E-state index contributed by atoms with van der Waals surface area (Å²) in [5.74, 6) is 4.13. The number of para-hydroxylation sites is 4. The van der Waals surface area contributed by atoms with E-state index in [1.54, 1.807) is 0 Å². The van der Waals surface area contributed by atoms with Crippen molar-refractivity contribution in [2.45, 2.75) is 43.9 Å². The van der Waals surface area contributed by atoms with Gasteiger partial charge in [-0.3, -0.25) is 0 Å². The second-order valence-electron chi connectivity index (χ2n) is 16.5. The highest BCUT2D eigenvalue weighted by molar-refractivity contribution is 6.10. The van der Waals surface area contributed by atoms with Crippen LogP contribution in [0.1, 0.15) is 44.1 Å². The van der Waals surface area contributed by atoms with Gasteiger partial charge in [-0.1, -0.05) is 97.1 Å². The van der Waals surface area contributed by atoms with Crippen LogP contribution < -0.4 is 0 Å². The lowest BCUT2D eigenvalue weighted by Gasteiger charge is -2.57. The molecule has 0 saturated heterocycles. The van der Waals surface area contributed by atoms with Crippen LogP contribution in [0, 0.1) is 24.3 Å². The molecule has 9 aromatic rings. The number of hydrogen-bond donors (Lipinski definition) is 0.